The molecule has 0 radical (unpaired) electrons. The zero-order valence-electron chi connectivity index (χ0n) is 9.32. The van der Waals surface area contributed by atoms with Gasteiger partial charge >= 0.3 is 0 Å². The van der Waals surface area contributed by atoms with Crippen molar-refractivity contribution in [2.24, 2.45) is 24.8 Å². The molecule has 3 rings (SSSR count). The molecule has 0 aliphatic heterocycles. The van der Waals surface area contributed by atoms with Crippen molar-refractivity contribution in [3.8, 4) is 0 Å². The molecule has 0 unspecified atom stereocenters. The average Bonchev–Trinajstić information content (AvgIpc) is 3.07. The van der Waals surface area contributed by atoms with E-state index < -0.39 is 0 Å². The van der Waals surface area contributed by atoms with Crippen LogP contribution in [0.4, 0.5) is 5.82 Å². The van der Waals surface area contributed by atoms with E-state index in [0.717, 1.165) is 30.0 Å². The van der Waals surface area contributed by atoms with Crippen LogP contribution in [0.5, 0.6) is 0 Å². The van der Waals surface area contributed by atoms with Crippen LogP contribution < -0.4 is 5.73 Å². The molecule has 2 aliphatic rings. The minimum atomic E-state index is 0.787. The third-order valence-electron chi connectivity index (χ3n) is 3.87. The van der Waals surface area contributed by atoms with E-state index in [-0.39, 0.29) is 0 Å². The molecule has 0 atom stereocenters. The maximum absolute atomic E-state index is 5.80. The van der Waals surface area contributed by atoms with Crippen molar-refractivity contribution in [2.75, 3.05) is 5.73 Å². The fraction of sp³-hybridized carbons (Fsp3) is 0.750. The molecule has 2 fully saturated rings. The maximum Gasteiger partial charge on any atom is 0.121 e. The number of aromatic nitrogens is 2. The first-order chi connectivity index (χ1) is 7.24. The van der Waals surface area contributed by atoms with Crippen LogP contribution in [0.1, 0.15) is 31.4 Å². The second-order valence-electron chi connectivity index (χ2n) is 5.23. The molecule has 0 spiro atoms. The predicted molar refractivity (Wildman–Crippen MR) is 60.3 cm³/mol. The Hall–Kier alpha value is -0.990. The van der Waals surface area contributed by atoms with Gasteiger partial charge in [-0.1, -0.05) is 0 Å². The Balaban J connectivity index is 1.71. The van der Waals surface area contributed by atoms with E-state index in [2.05, 4.69) is 5.10 Å². The molecule has 2 saturated carbocycles. The topological polar surface area (TPSA) is 43.8 Å². The van der Waals surface area contributed by atoms with Gasteiger partial charge in [0.1, 0.15) is 5.82 Å². The van der Waals surface area contributed by atoms with Gasteiger partial charge in [0.25, 0.3) is 0 Å². The summed E-state index contributed by atoms with van der Waals surface area (Å²) in [5, 5.41) is 4.46. The van der Waals surface area contributed by atoms with E-state index >= 15 is 0 Å². The molecule has 0 amide bonds. The molecule has 1 aromatic heterocycles. The Morgan fingerprint density at radius 1 is 1.40 bits per heavy atom. The van der Waals surface area contributed by atoms with Gasteiger partial charge in [-0.3, -0.25) is 4.68 Å². The van der Waals surface area contributed by atoms with Crippen LogP contribution in [-0.2, 0) is 13.5 Å². The number of hydrogen-bond acceptors (Lipinski definition) is 2. The summed E-state index contributed by atoms with van der Waals surface area (Å²) in [7, 11) is 1.92. The van der Waals surface area contributed by atoms with E-state index in [4.69, 9.17) is 5.73 Å². The normalized spacial score (nSPS) is 21.2. The molecule has 1 heterocycles. The van der Waals surface area contributed by atoms with Crippen LogP contribution in [0.3, 0.4) is 0 Å². The zero-order valence-corrected chi connectivity index (χ0v) is 9.32. The monoisotopic (exact) mass is 205 g/mol. The number of nitrogen functional groups attached to an aromatic ring is 1. The number of aryl methyl sites for hydroxylation is 1. The fourth-order valence-electron chi connectivity index (χ4n) is 2.65. The minimum Gasteiger partial charge on any atom is -0.384 e. The molecule has 2 N–H and O–H groups in total. The molecule has 15 heavy (non-hydrogen) atoms. The Kier molecular flexibility index (Phi) is 2.01. The summed E-state index contributed by atoms with van der Waals surface area (Å²) in [5.41, 5.74) is 6.99. The first kappa shape index (κ1) is 9.25. The Bertz CT molecular complexity index is 329. The SMILES string of the molecule is Cn1nc(CC(C2CC2)C2CC2)cc1N. The Morgan fingerprint density at radius 3 is 2.40 bits per heavy atom. The molecule has 82 valence electrons. The molecular formula is C12H19N3. The summed E-state index contributed by atoms with van der Waals surface area (Å²) in [5.74, 6) is 3.69. The van der Waals surface area contributed by atoms with Gasteiger partial charge in [0.05, 0.1) is 5.69 Å². The number of anilines is 1. The summed E-state index contributed by atoms with van der Waals surface area (Å²) in [6, 6.07) is 2.04. The third-order valence-corrected chi connectivity index (χ3v) is 3.87. The largest absolute Gasteiger partial charge is 0.384 e. The molecule has 2 aliphatic carbocycles. The van der Waals surface area contributed by atoms with E-state index in [9.17, 15) is 0 Å². The number of nitrogens with zero attached hydrogens (tertiary/aromatic N) is 2. The van der Waals surface area contributed by atoms with Crippen LogP contribution in [-0.4, -0.2) is 9.78 Å². The number of rotatable bonds is 4. The highest BCUT2D eigenvalue weighted by Gasteiger charge is 2.41. The van der Waals surface area contributed by atoms with Gasteiger partial charge in [-0.15, -0.1) is 0 Å². The van der Waals surface area contributed by atoms with Crippen molar-refractivity contribution in [3.63, 3.8) is 0 Å². The summed E-state index contributed by atoms with van der Waals surface area (Å²) in [4.78, 5) is 0. The lowest BCUT2D eigenvalue weighted by atomic mass is 9.93. The zero-order chi connectivity index (χ0) is 10.4. The molecule has 1 aromatic rings. The van der Waals surface area contributed by atoms with Gasteiger partial charge < -0.3 is 5.73 Å². The van der Waals surface area contributed by atoms with E-state index in [1.807, 2.05) is 13.1 Å². The number of nitrogens with two attached hydrogens (primary N) is 1. The molecule has 3 nitrogen and oxygen atoms in total. The van der Waals surface area contributed by atoms with Crippen molar-refractivity contribution in [1.29, 1.82) is 0 Å². The summed E-state index contributed by atoms with van der Waals surface area (Å²) < 4.78 is 1.78. The van der Waals surface area contributed by atoms with Crippen molar-refractivity contribution in [3.05, 3.63) is 11.8 Å². The smallest absolute Gasteiger partial charge is 0.121 e. The van der Waals surface area contributed by atoms with Crippen molar-refractivity contribution in [2.45, 2.75) is 32.1 Å². The van der Waals surface area contributed by atoms with Crippen molar-refractivity contribution in [1.82, 2.24) is 9.78 Å². The molecule has 0 aromatic carbocycles. The van der Waals surface area contributed by atoms with Gasteiger partial charge in [0.15, 0.2) is 0 Å². The number of hydrogen-bond donors (Lipinski definition) is 1. The van der Waals surface area contributed by atoms with Crippen molar-refractivity contribution < 1.29 is 0 Å². The van der Waals surface area contributed by atoms with E-state index in [1.165, 1.54) is 31.4 Å². The standard InChI is InChI=1S/C12H19N3/c1-15-12(13)7-10(14-15)6-11(8-2-3-8)9-4-5-9/h7-9,11H,2-6,13H2,1H3. The van der Waals surface area contributed by atoms with Gasteiger partial charge in [0, 0.05) is 13.1 Å². The fourth-order valence-corrected chi connectivity index (χ4v) is 2.65. The first-order valence-electron chi connectivity index (χ1n) is 6.02. The predicted octanol–water partition coefficient (Wildman–Crippen LogP) is 1.98. The second kappa shape index (κ2) is 3.26. The van der Waals surface area contributed by atoms with Gasteiger partial charge in [-0.05, 0) is 49.9 Å². The Labute approximate surface area is 90.7 Å². The summed E-state index contributed by atoms with van der Waals surface area (Å²) >= 11 is 0. The summed E-state index contributed by atoms with van der Waals surface area (Å²) in [6.07, 6.45) is 6.94. The first-order valence-corrected chi connectivity index (χ1v) is 6.02. The molecular weight excluding hydrogens is 186 g/mol. The Morgan fingerprint density at radius 2 is 2.00 bits per heavy atom. The van der Waals surface area contributed by atoms with Gasteiger partial charge in [-0.25, -0.2) is 0 Å². The van der Waals surface area contributed by atoms with Crippen LogP contribution in [0.25, 0.3) is 0 Å². The summed E-state index contributed by atoms with van der Waals surface area (Å²) in [6.45, 7) is 0. The van der Waals surface area contributed by atoms with Crippen molar-refractivity contribution >= 4 is 5.82 Å². The molecule has 0 bridgehead atoms. The minimum absolute atomic E-state index is 0.787. The third kappa shape index (κ3) is 1.87. The lowest BCUT2D eigenvalue weighted by molar-refractivity contribution is 0.398. The quantitative estimate of drug-likeness (QED) is 0.816. The van der Waals surface area contributed by atoms with Gasteiger partial charge in [-0.2, -0.15) is 5.10 Å². The lowest BCUT2D eigenvalue weighted by Crippen LogP contribution is -2.10. The van der Waals surface area contributed by atoms with Crippen LogP contribution >= 0.6 is 0 Å². The van der Waals surface area contributed by atoms with E-state index in [1.54, 1.807) is 4.68 Å². The van der Waals surface area contributed by atoms with Gasteiger partial charge in [0.2, 0.25) is 0 Å². The highest BCUT2D eigenvalue weighted by atomic mass is 15.3. The maximum atomic E-state index is 5.80. The average molecular weight is 205 g/mol. The molecule has 0 saturated heterocycles. The van der Waals surface area contributed by atoms with Crippen LogP contribution in [0, 0.1) is 17.8 Å². The second-order valence-corrected chi connectivity index (χ2v) is 5.23. The highest BCUT2D eigenvalue weighted by Crippen LogP contribution is 2.50. The van der Waals surface area contributed by atoms with E-state index in [0.29, 0.717) is 0 Å². The highest BCUT2D eigenvalue weighted by molar-refractivity contribution is 5.30. The van der Waals surface area contributed by atoms with Crippen LogP contribution in [0.2, 0.25) is 0 Å². The lowest BCUT2D eigenvalue weighted by Gasteiger charge is -2.12. The molecule has 3 heteroatoms. The van der Waals surface area contributed by atoms with Crippen LogP contribution in [0.15, 0.2) is 6.07 Å².